The van der Waals surface area contributed by atoms with Gasteiger partial charge in [0.1, 0.15) is 41.4 Å². The summed E-state index contributed by atoms with van der Waals surface area (Å²) < 4.78 is 65.1. The highest BCUT2D eigenvalue weighted by molar-refractivity contribution is 5.81. The molecule has 0 saturated carbocycles. The fraction of sp³-hybridized carbons (Fsp3) is 0.350. The largest absolute Gasteiger partial charge is 0.497 e. The Morgan fingerprint density at radius 1 is 1.03 bits per heavy atom. The number of H-pyrrole nitrogens is 1. The van der Waals surface area contributed by atoms with Crippen LogP contribution in [0.3, 0.4) is 0 Å². The molecule has 2 saturated heterocycles. The summed E-state index contributed by atoms with van der Waals surface area (Å²) in [6, 6.07) is 4.51. The Hall–Kier alpha value is -2.82. The summed E-state index contributed by atoms with van der Waals surface area (Å²) in [5.41, 5.74) is -0.487. The van der Waals surface area contributed by atoms with Crippen molar-refractivity contribution in [1.82, 2.24) is 9.97 Å². The van der Waals surface area contributed by atoms with Crippen LogP contribution in [0.5, 0.6) is 11.6 Å². The molecule has 0 spiro atoms. The van der Waals surface area contributed by atoms with Crippen LogP contribution in [0.2, 0.25) is 0 Å². The van der Waals surface area contributed by atoms with Gasteiger partial charge < -0.3 is 29.0 Å². The number of ether oxygens (including phenoxy) is 4. The second-order valence-electron chi connectivity index (χ2n) is 7.17. The molecule has 10 heteroatoms. The van der Waals surface area contributed by atoms with Crippen molar-refractivity contribution in [2.45, 2.75) is 24.4 Å². The van der Waals surface area contributed by atoms with E-state index in [2.05, 4.69) is 9.97 Å². The molecule has 0 unspecified atom stereocenters. The molecule has 4 atom stereocenters. The topological polar surface area (TPSA) is 85.8 Å². The van der Waals surface area contributed by atoms with Gasteiger partial charge in [-0.1, -0.05) is 0 Å². The third-order valence-electron chi connectivity index (χ3n) is 5.28. The number of nitrogens with one attached hydrogen (secondary N) is 1. The molecule has 2 aliphatic heterocycles. The number of aromatic amines is 1. The highest BCUT2D eigenvalue weighted by Gasteiger charge is 2.48. The number of pyridine rings is 1. The normalized spacial score (nSPS) is 25.6. The smallest absolute Gasteiger partial charge is 0.193 e. The van der Waals surface area contributed by atoms with Gasteiger partial charge in [0.05, 0.1) is 36.9 Å². The molecular weight excluding hydrogens is 405 g/mol. The molecule has 4 heterocycles. The van der Waals surface area contributed by atoms with Crippen LogP contribution < -0.4 is 9.47 Å². The lowest BCUT2D eigenvalue weighted by Gasteiger charge is -2.16. The molecule has 30 heavy (non-hydrogen) atoms. The first-order valence-electron chi connectivity index (χ1n) is 9.25. The Kier molecular flexibility index (Phi) is 4.57. The number of hydrogen-bond donors (Lipinski definition) is 2. The molecular formula is C20H17F3N2O5. The highest BCUT2D eigenvalue weighted by Crippen LogP contribution is 2.34. The first-order valence-corrected chi connectivity index (χ1v) is 9.25. The molecule has 2 fully saturated rings. The van der Waals surface area contributed by atoms with E-state index in [4.69, 9.17) is 18.9 Å². The minimum absolute atomic E-state index is 0.0242. The first-order chi connectivity index (χ1) is 14.4. The van der Waals surface area contributed by atoms with Gasteiger partial charge in [0, 0.05) is 24.3 Å². The van der Waals surface area contributed by atoms with Crippen molar-refractivity contribution >= 4 is 11.0 Å². The van der Waals surface area contributed by atoms with Crippen LogP contribution in [0.15, 0.2) is 24.3 Å². The van der Waals surface area contributed by atoms with Gasteiger partial charge in [0.2, 0.25) is 0 Å². The average Bonchev–Trinajstić information content (AvgIpc) is 3.38. The van der Waals surface area contributed by atoms with Gasteiger partial charge in [-0.05, 0) is 0 Å². The van der Waals surface area contributed by atoms with Crippen molar-refractivity contribution in [3.05, 3.63) is 41.7 Å². The summed E-state index contributed by atoms with van der Waals surface area (Å²) in [6.45, 7) is 0.383. The van der Waals surface area contributed by atoms with Gasteiger partial charge >= 0.3 is 0 Å². The number of nitrogens with zero attached hydrogens (tertiary/aromatic N) is 1. The number of aromatic nitrogens is 2. The molecule has 2 aliphatic rings. The van der Waals surface area contributed by atoms with Crippen LogP contribution in [-0.4, -0.2) is 59.8 Å². The standard InChI is InChI=1S/C20H17F3N2O5/c1-27-8-2-9(21)17(10(22)3-8)18-11(23)4-12-13(25-18)5-16(24-12)30-15-7-29-19-14(26)6-28-20(15)19/h2-5,14-15,19-20,24,26H,6-7H2,1H3/t14-,15-,19-,20-/m1/s1. The Bertz CT molecular complexity index is 1100. The monoisotopic (exact) mass is 422 g/mol. The molecule has 3 aromatic rings. The maximum absolute atomic E-state index is 14.6. The fourth-order valence-corrected chi connectivity index (χ4v) is 3.85. The molecule has 7 nitrogen and oxygen atoms in total. The summed E-state index contributed by atoms with van der Waals surface area (Å²) in [7, 11) is 1.27. The minimum Gasteiger partial charge on any atom is -0.497 e. The van der Waals surface area contributed by atoms with Gasteiger partial charge in [0.15, 0.2) is 17.8 Å². The number of fused-ring (bicyclic) bond motifs is 2. The van der Waals surface area contributed by atoms with E-state index >= 15 is 0 Å². The van der Waals surface area contributed by atoms with Gasteiger partial charge in [-0.3, -0.25) is 0 Å². The van der Waals surface area contributed by atoms with E-state index in [-0.39, 0.29) is 30.4 Å². The van der Waals surface area contributed by atoms with Crippen LogP contribution in [0.25, 0.3) is 22.3 Å². The van der Waals surface area contributed by atoms with Gasteiger partial charge in [-0.15, -0.1) is 0 Å². The lowest BCUT2D eigenvalue weighted by atomic mass is 10.1. The second kappa shape index (κ2) is 7.15. The second-order valence-corrected chi connectivity index (χ2v) is 7.17. The number of rotatable bonds is 4. The predicted octanol–water partition coefficient (Wildman–Crippen LogP) is 2.56. The van der Waals surface area contributed by atoms with E-state index < -0.39 is 53.1 Å². The van der Waals surface area contributed by atoms with Crippen LogP contribution in [0, 0.1) is 17.5 Å². The number of hydrogen-bond acceptors (Lipinski definition) is 6. The van der Waals surface area contributed by atoms with Crippen LogP contribution in [-0.2, 0) is 9.47 Å². The molecule has 0 aliphatic carbocycles. The van der Waals surface area contributed by atoms with Crippen molar-refractivity contribution in [2.75, 3.05) is 20.3 Å². The first kappa shape index (κ1) is 19.2. The Morgan fingerprint density at radius 3 is 2.50 bits per heavy atom. The maximum Gasteiger partial charge on any atom is 0.193 e. The van der Waals surface area contributed by atoms with E-state index in [1.165, 1.54) is 13.2 Å². The summed E-state index contributed by atoms with van der Waals surface area (Å²) in [5, 5.41) is 9.81. The Labute approximate surface area is 168 Å². The van der Waals surface area contributed by atoms with Crippen LogP contribution in [0.4, 0.5) is 13.2 Å². The summed E-state index contributed by atoms with van der Waals surface area (Å²) in [5.74, 6) is -2.63. The number of aliphatic hydroxyl groups is 1. The maximum atomic E-state index is 14.6. The summed E-state index contributed by atoms with van der Waals surface area (Å²) in [4.78, 5) is 6.96. The minimum atomic E-state index is -0.990. The fourth-order valence-electron chi connectivity index (χ4n) is 3.85. The van der Waals surface area contributed by atoms with Crippen LogP contribution in [0.1, 0.15) is 0 Å². The zero-order chi connectivity index (χ0) is 21.0. The van der Waals surface area contributed by atoms with Gasteiger partial charge in [-0.2, -0.15) is 0 Å². The van der Waals surface area contributed by atoms with Crippen molar-refractivity contribution in [1.29, 1.82) is 0 Å². The highest BCUT2D eigenvalue weighted by atomic mass is 19.1. The van der Waals surface area contributed by atoms with Crippen molar-refractivity contribution in [3.8, 4) is 22.9 Å². The van der Waals surface area contributed by atoms with E-state index in [0.717, 1.165) is 18.2 Å². The molecule has 5 rings (SSSR count). The number of benzene rings is 1. The molecule has 2 aromatic heterocycles. The lowest BCUT2D eigenvalue weighted by molar-refractivity contribution is 0.00794. The molecule has 0 bridgehead atoms. The zero-order valence-corrected chi connectivity index (χ0v) is 15.7. The summed E-state index contributed by atoms with van der Waals surface area (Å²) >= 11 is 0. The third kappa shape index (κ3) is 3.08. The van der Waals surface area contributed by atoms with E-state index in [1.807, 2.05) is 0 Å². The number of aliphatic hydroxyl groups excluding tert-OH is 1. The van der Waals surface area contributed by atoms with Crippen molar-refractivity contribution in [2.24, 2.45) is 0 Å². The Balaban J connectivity index is 1.47. The summed E-state index contributed by atoms with van der Waals surface area (Å²) in [6.07, 6.45) is -2.06. The van der Waals surface area contributed by atoms with Gasteiger partial charge in [-0.25, -0.2) is 18.2 Å². The average molecular weight is 422 g/mol. The molecule has 0 radical (unpaired) electrons. The number of methoxy groups -OCH3 is 1. The molecule has 0 amide bonds. The Morgan fingerprint density at radius 2 is 1.77 bits per heavy atom. The van der Waals surface area contributed by atoms with E-state index in [0.29, 0.717) is 5.52 Å². The number of halogens is 3. The SMILES string of the molecule is COc1cc(F)c(-c2nc3cc(O[C@@H]4CO[C@H]5[C@@H]4OC[C@H]5O)[nH]c3cc2F)c(F)c1. The predicted molar refractivity (Wildman–Crippen MR) is 97.9 cm³/mol. The lowest BCUT2D eigenvalue weighted by Crippen LogP contribution is -2.34. The van der Waals surface area contributed by atoms with E-state index in [9.17, 15) is 18.3 Å². The molecule has 158 valence electrons. The van der Waals surface area contributed by atoms with Crippen molar-refractivity contribution in [3.63, 3.8) is 0 Å². The van der Waals surface area contributed by atoms with Gasteiger partial charge in [0.25, 0.3) is 0 Å². The van der Waals surface area contributed by atoms with E-state index in [1.54, 1.807) is 0 Å². The van der Waals surface area contributed by atoms with Crippen LogP contribution >= 0.6 is 0 Å². The zero-order valence-electron chi connectivity index (χ0n) is 15.7. The molecule has 2 N–H and O–H groups in total. The quantitative estimate of drug-likeness (QED) is 0.672. The van der Waals surface area contributed by atoms with Crippen molar-refractivity contribution < 1.29 is 37.2 Å². The third-order valence-corrected chi connectivity index (χ3v) is 5.28. The molecule has 1 aromatic carbocycles.